The van der Waals surface area contributed by atoms with E-state index in [0.29, 0.717) is 0 Å². The molecule has 3 fully saturated rings. The molecule has 0 bridgehead atoms. The summed E-state index contributed by atoms with van der Waals surface area (Å²) in [5, 5.41) is 135. The lowest BCUT2D eigenvalue weighted by molar-refractivity contribution is -0.363. The first kappa shape index (κ1) is 39.5. The van der Waals surface area contributed by atoms with E-state index in [-0.39, 0.29) is 34.8 Å². The number of hydrogen-bond acceptors (Lipinski definition) is 20. The number of fused-ring (bicyclic) bond motifs is 1. The summed E-state index contributed by atoms with van der Waals surface area (Å²) in [5.74, 6) is -1.50. The monoisotopic (exact) mass is 760 g/mol. The Morgan fingerprint density at radius 3 is 1.96 bits per heavy atom. The number of phenolic OH excluding ortho intramolecular Hbond substituents is 4. The van der Waals surface area contributed by atoms with Gasteiger partial charge in [-0.15, -0.1) is 0 Å². The van der Waals surface area contributed by atoms with Gasteiger partial charge in [0.05, 0.1) is 19.3 Å². The van der Waals surface area contributed by atoms with Crippen LogP contribution >= 0.6 is 0 Å². The van der Waals surface area contributed by atoms with E-state index in [4.69, 9.17) is 33.2 Å². The Kier molecular flexibility index (Phi) is 11.9. The van der Waals surface area contributed by atoms with Crippen molar-refractivity contribution in [3.63, 3.8) is 0 Å². The van der Waals surface area contributed by atoms with Gasteiger partial charge in [-0.2, -0.15) is 0 Å². The van der Waals surface area contributed by atoms with Crippen LogP contribution in [0.5, 0.6) is 28.7 Å². The van der Waals surface area contributed by atoms with Crippen LogP contribution in [-0.2, 0) is 34.8 Å². The van der Waals surface area contributed by atoms with Gasteiger partial charge < -0.3 is 99.5 Å². The van der Waals surface area contributed by atoms with Crippen molar-refractivity contribution in [3.05, 3.63) is 41.5 Å². The third-order valence-electron chi connectivity index (χ3n) is 9.82. The molecular formula is C33H44O20. The number of hydrogen-bond donors (Lipinski definition) is 13. The molecule has 4 heterocycles. The quantitative estimate of drug-likeness (QED) is 0.108. The number of rotatable bonds is 9. The number of aliphatic hydroxyl groups is 9. The van der Waals surface area contributed by atoms with Crippen molar-refractivity contribution in [1.82, 2.24) is 0 Å². The lowest BCUT2D eigenvalue weighted by atomic mass is 9.93. The highest BCUT2D eigenvalue weighted by Gasteiger charge is 2.52. The van der Waals surface area contributed by atoms with Crippen molar-refractivity contribution in [2.24, 2.45) is 0 Å². The van der Waals surface area contributed by atoms with Crippen molar-refractivity contribution in [2.45, 2.75) is 118 Å². The molecule has 0 aliphatic carbocycles. The lowest BCUT2D eigenvalue weighted by Gasteiger charge is -2.46. The van der Waals surface area contributed by atoms with Gasteiger partial charge in [-0.05, 0) is 24.6 Å². The zero-order valence-corrected chi connectivity index (χ0v) is 28.0. The average Bonchev–Trinajstić information content (AvgIpc) is 3.12. The summed E-state index contributed by atoms with van der Waals surface area (Å²) in [4.78, 5) is 0. The van der Waals surface area contributed by atoms with Gasteiger partial charge in [0.1, 0.15) is 90.5 Å². The second-order valence-electron chi connectivity index (χ2n) is 13.4. The number of ether oxygens (including phenoxy) is 7. The summed E-state index contributed by atoms with van der Waals surface area (Å²) in [7, 11) is 0. The van der Waals surface area contributed by atoms with E-state index < -0.39 is 129 Å². The van der Waals surface area contributed by atoms with Gasteiger partial charge in [-0.1, -0.05) is 6.07 Å². The minimum absolute atomic E-state index is 0.0715. The van der Waals surface area contributed by atoms with Gasteiger partial charge >= 0.3 is 0 Å². The zero-order chi connectivity index (χ0) is 38.5. The molecule has 2 aromatic rings. The molecule has 17 atom stereocenters. The van der Waals surface area contributed by atoms with Crippen LogP contribution in [0.4, 0.5) is 0 Å². The van der Waals surface area contributed by atoms with Crippen molar-refractivity contribution in [2.75, 3.05) is 13.2 Å². The molecule has 6 rings (SSSR count). The first-order chi connectivity index (χ1) is 25.1. The van der Waals surface area contributed by atoms with Crippen molar-refractivity contribution in [3.8, 4) is 28.7 Å². The predicted octanol–water partition coefficient (Wildman–Crippen LogP) is -3.95. The molecular weight excluding hydrogens is 716 g/mol. The average molecular weight is 761 g/mol. The van der Waals surface area contributed by atoms with E-state index in [2.05, 4.69) is 0 Å². The third kappa shape index (κ3) is 7.85. The predicted molar refractivity (Wildman–Crippen MR) is 169 cm³/mol. The normalized spacial score (nSPS) is 41.7. The van der Waals surface area contributed by atoms with Gasteiger partial charge in [-0.3, -0.25) is 0 Å². The molecule has 2 unspecified atom stereocenters. The molecule has 0 aromatic heterocycles. The SMILES string of the molecule is C[C@H]1O[C@@H](O[C@H]2[C@@H](O)[C@@H](O)[C@H](OC[C@H]3O[C@@H](OC4Cc5c(O)cc(O)cc5OC4c4ccc(O)c(O)c4)[C@H](O)[C@H](O)[C@@H]3O)O[C@@H]2CO)[C@H](O)[C@H](O)[C@H]1O. The Balaban J connectivity index is 1.15. The van der Waals surface area contributed by atoms with Crippen LogP contribution in [-0.4, -0.2) is 178 Å². The van der Waals surface area contributed by atoms with Gasteiger partial charge in [0.2, 0.25) is 0 Å². The van der Waals surface area contributed by atoms with E-state index in [1.807, 2.05) is 0 Å². The standard InChI is InChI=1S/C33H44O20/c1-10-21(39)23(41)26(44)32(48-10)53-30-19(8-34)51-31(28(46)25(30)43)47-9-20-22(40)24(42)27(45)33(52-20)50-18-7-13-15(37)5-12(35)6-17(13)49-29(18)11-2-3-14(36)16(38)4-11/h2-6,10,18-46H,7-9H2,1H3/t10-,18?,19-,20-,21+,22-,23-,24-,25+,26-,27-,28-,29?,30-,31-,32+,33-/m1/s1. The van der Waals surface area contributed by atoms with Crippen LogP contribution in [0.25, 0.3) is 0 Å². The summed E-state index contributed by atoms with van der Waals surface area (Å²) in [6, 6.07) is 6.11. The van der Waals surface area contributed by atoms with E-state index in [0.717, 1.165) is 6.07 Å². The lowest BCUT2D eigenvalue weighted by Crippen LogP contribution is -2.64. The van der Waals surface area contributed by atoms with E-state index in [1.165, 1.54) is 31.2 Å². The molecule has 53 heavy (non-hydrogen) atoms. The molecule has 3 saturated heterocycles. The summed E-state index contributed by atoms with van der Waals surface area (Å²) in [5.41, 5.74) is 0.466. The Labute approximate surface area is 300 Å². The fourth-order valence-corrected chi connectivity index (χ4v) is 6.74. The maximum atomic E-state index is 10.9. The zero-order valence-electron chi connectivity index (χ0n) is 28.0. The van der Waals surface area contributed by atoms with Crippen LogP contribution in [0.15, 0.2) is 30.3 Å². The summed E-state index contributed by atoms with van der Waals surface area (Å²) in [6.07, 6.45) is -26.9. The molecule has 13 N–H and O–H groups in total. The Hall–Kier alpha value is -3.16. The largest absolute Gasteiger partial charge is 0.508 e. The van der Waals surface area contributed by atoms with E-state index in [1.54, 1.807) is 0 Å². The molecule has 0 spiro atoms. The Morgan fingerprint density at radius 1 is 0.642 bits per heavy atom. The van der Waals surface area contributed by atoms with Crippen LogP contribution in [0.3, 0.4) is 0 Å². The molecule has 4 aliphatic heterocycles. The number of phenols is 4. The van der Waals surface area contributed by atoms with Crippen molar-refractivity contribution >= 4 is 0 Å². The molecule has 296 valence electrons. The topological polar surface area (TPSA) is 328 Å². The molecule has 0 amide bonds. The summed E-state index contributed by atoms with van der Waals surface area (Å²) < 4.78 is 40.1. The molecule has 20 heteroatoms. The van der Waals surface area contributed by atoms with Gasteiger partial charge in [0.25, 0.3) is 0 Å². The molecule has 4 aliphatic rings. The summed E-state index contributed by atoms with van der Waals surface area (Å²) >= 11 is 0. The van der Waals surface area contributed by atoms with Crippen molar-refractivity contribution < 1.29 is 99.5 Å². The van der Waals surface area contributed by atoms with E-state index >= 15 is 0 Å². The van der Waals surface area contributed by atoms with E-state index in [9.17, 15) is 66.4 Å². The molecule has 0 saturated carbocycles. The maximum Gasteiger partial charge on any atom is 0.187 e. The minimum atomic E-state index is -1.88. The second-order valence-corrected chi connectivity index (χ2v) is 13.4. The third-order valence-corrected chi connectivity index (χ3v) is 9.82. The Morgan fingerprint density at radius 2 is 1.28 bits per heavy atom. The summed E-state index contributed by atoms with van der Waals surface area (Å²) in [6.45, 7) is -0.0598. The number of aromatic hydroxyl groups is 4. The van der Waals surface area contributed by atoms with Crippen LogP contribution < -0.4 is 4.74 Å². The van der Waals surface area contributed by atoms with Crippen LogP contribution in [0, 0.1) is 0 Å². The van der Waals surface area contributed by atoms with Crippen LogP contribution in [0.2, 0.25) is 0 Å². The first-order valence-corrected chi connectivity index (χ1v) is 16.8. The Bertz CT molecular complexity index is 1560. The first-order valence-electron chi connectivity index (χ1n) is 16.8. The van der Waals surface area contributed by atoms with Gasteiger partial charge in [0, 0.05) is 24.1 Å². The fraction of sp³-hybridized carbons (Fsp3) is 0.636. The smallest absolute Gasteiger partial charge is 0.187 e. The van der Waals surface area contributed by atoms with Crippen molar-refractivity contribution in [1.29, 1.82) is 0 Å². The molecule has 2 aromatic carbocycles. The minimum Gasteiger partial charge on any atom is -0.508 e. The number of aliphatic hydroxyl groups excluding tert-OH is 9. The highest BCUT2D eigenvalue weighted by Crippen LogP contribution is 2.44. The van der Waals surface area contributed by atoms with Gasteiger partial charge in [-0.25, -0.2) is 0 Å². The molecule has 0 radical (unpaired) electrons. The highest BCUT2D eigenvalue weighted by molar-refractivity contribution is 5.52. The highest BCUT2D eigenvalue weighted by atomic mass is 16.8. The number of benzene rings is 2. The van der Waals surface area contributed by atoms with Crippen LogP contribution in [0.1, 0.15) is 24.2 Å². The molecule has 20 nitrogen and oxygen atoms in total. The maximum absolute atomic E-state index is 10.9. The second kappa shape index (κ2) is 15.9. The fourth-order valence-electron chi connectivity index (χ4n) is 6.74. The van der Waals surface area contributed by atoms with Gasteiger partial charge in [0.15, 0.2) is 36.5 Å².